The summed E-state index contributed by atoms with van der Waals surface area (Å²) in [7, 11) is 6.16. The number of nitrogens with zero attached hydrogens (tertiary/aromatic N) is 1. The molecule has 3 N–H and O–H groups in total. The van der Waals surface area contributed by atoms with Crippen LogP contribution in [0.25, 0.3) is 0 Å². The van der Waals surface area contributed by atoms with Crippen molar-refractivity contribution in [1.82, 2.24) is 0 Å². The van der Waals surface area contributed by atoms with Gasteiger partial charge in [0.15, 0.2) is 0 Å². The van der Waals surface area contributed by atoms with Crippen LogP contribution in [-0.2, 0) is 9.59 Å². The predicted octanol–water partition coefficient (Wildman–Crippen LogP) is -4.16. The first-order chi connectivity index (χ1) is 5.70. The second-order valence-electron chi connectivity index (χ2n) is 3.35. The normalized spacial score (nSPS) is 9.14. The van der Waals surface area contributed by atoms with E-state index >= 15 is 0 Å². The van der Waals surface area contributed by atoms with Crippen LogP contribution in [0.3, 0.4) is 0 Å². The van der Waals surface area contributed by atoms with Gasteiger partial charge in [-0.2, -0.15) is 0 Å². The Morgan fingerprint density at radius 3 is 1.36 bits per heavy atom. The molecule has 0 fully saturated rings. The molecule has 6 nitrogen and oxygen atoms in total. The highest BCUT2D eigenvalue weighted by molar-refractivity contribution is 6.27. The van der Waals surface area contributed by atoms with E-state index in [1.807, 2.05) is 0 Å². The van der Waals surface area contributed by atoms with Crippen LogP contribution >= 0.6 is 0 Å². The van der Waals surface area contributed by atoms with E-state index in [0.29, 0.717) is 0 Å². The fourth-order valence-corrected chi connectivity index (χ4v) is 0.300. The highest BCUT2D eigenvalue weighted by atomic mass is 35.5. The van der Waals surface area contributed by atoms with Gasteiger partial charge in [0.05, 0.1) is 27.7 Å². The van der Waals surface area contributed by atoms with Crippen LogP contribution in [0, 0.1) is 0 Å². The quantitative estimate of drug-likeness (QED) is 0.330. The third-order valence-electron chi connectivity index (χ3n) is 0.954. The van der Waals surface area contributed by atoms with E-state index in [-0.39, 0.29) is 19.0 Å². The summed E-state index contributed by atoms with van der Waals surface area (Å²) in [4.78, 5) is 18.2. The first-order valence-corrected chi connectivity index (χ1v) is 3.58. The van der Waals surface area contributed by atoms with Crippen molar-refractivity contribution in [1.29, 1.82) is 0 Å². The van der Waals surface area contributed by atoms with Crippen LogP contribution < -0.4 is 12.4 Å². The Morgan fingerprint density at radius 2 is 1.36 bits per heavy atom. The third kappa shape index (κ3) is 22.5. The molecular formula is C7H16ClNO5. The lowest BCUT2D eigenvalue weighted by Crippen LogP contribution is -3.00. The molecule has 14 heavy (non-hydrogen) atoms. The van der Waals surface area contributed by atoms with Crippen LogP contribution in [0.2, 0.25) is 0 Å². The van der Waals surface area contributed by atoms with Crippen LogP contribution in [0.4, 0.5) is 0 Å². The number of likely N-dealkylation sites (N-methyl/N-ethyl adjacent to an activating group) is 1. The van der Waals surface area contributed by atoms with E-state index in [2.05, 4.69) is 21.1 Å². The summed E-state index contributed by atoms with van der Waals surface area (Å²) in [6.45, 7) is 1.11. The number of carboxylic acid groups (broad SMARTS) is 2. The number of aliphatic hydroxyl groups excluding tert-OH is 1. The molecule has 0 aliphatic carbocycles. The molecule has 0 atom stereocenters. The zero-order valence-corrected chi connectivity index (χ0v) is 9.15. The molecule has 0 heterocycles. The zero-order chi connectivity index (χ0) is 11.1. The molecule has 0 saturated carbocycles. The highest BCUT2D eigenvalue weighted by Crippen LogP contribution is 1.84. The van der Waals surface area contributed by atoms with Crippen molar-refractivity contribution in [3.63, 3.8) is 0 Å². The van der Waals surface area contributed by atoms with Crippen molar-refractivity contribution in [2.24, 2.45) is 0 Å². The molecule has 0 rings (SSSR count). The molecule has 0 unspecified atom stereocenters. The maximum atomic E-state index is 9.10. The molecule has 0 aromatic carbocycles. The summed E-state index contributed by atoms with van der Waals surface area (Å²) in [6.07, 6.45) is 0. The van der Waals surface area contributed by atoms with E-state index < -0.39 is 11.9 Å². The lowest BCUT2D eigenvalue weighted by Gasteiger charge is -2.21. The molecule has 0 aliphatic rings. The molecule has 0 radical (unpaired) electrons. The van der Waals surface area contributed by atoms with Crippen molar-refractivity contribution in [3.05, 3.63) is 0 Å². The van der Waals surface area contributed by atoms with Gasteiger partial charge in [0.1, 0.15) is 6.54 Å². The molecular weight excluding hydrogens is 214 g/mol. The van der Waals surface area contributed by atoms with Crippen LogP contribution in [0.1, 0.15) is 0 Å². The predicted molar refractivity (Wildman–Crippen MR) is 45.3 cm³/mol. The fourth-order valence-electron chi connectivity index (χ4n) is 0.300. The number of hydrogen-bond acceptors (Lipinski definition) is 3. The van der Waals surface area contributed by atoms with E-state index in [0.717, 1.165) is 11.0 Å². The van der Waals surface area contributed by atoms with Gasteiger partial charge in [0.2, 0.25) is 0 Å². The van der Waals surface area contributed by atoms with Gasteiger partial charge in [-0.25, -0.2) is 9.59 Å². The van der Waals surface area contributed by atoms with Crippen molar-refractivity contribution in [3.8, 4) is 0 Å². The van der Waals surface area contributed by atoms with Gasteiger partial charge >= 0.3 is 11.9 Å². The molecule has 0 amide bonds. The lowest BCUT2D eigenvalue weighted by molar-refractivity contribution is -0.870. The molecule has 0 aliphatic heterocycles. The first kappa shape index (κ1) is 18.8. The summed E-state index contributed by atoms with van der Waals surface area (Å²) < 4.78 is 0.844. The van der Waals surface area contributed by atoms with Crippen molar-refractivity contribution in [2.45, 2.75) is 0 Å². The molecule has 0 spiro atoms. The minimum Gasteiger partial charge on any atom is -1.00 e. The largest absolute Gasteiger partial charge is 1.00 e. The monoisotopic (exact) mass is 229 g/mol. The van der Waals surface area contributed by atoms with Gasteiger partial charge in [-0.05, 0) is 0 Å². The Bertz CT molecular complexity index is 165. The minimum absolute atomic E-state index is 0. The SMILES string of the molecule is C[N+](C)(C)CCO.O=C(O)C(=O)O.[Cl-]. The van der Waals surface area contributed by atoms with Gasteiger partial charge < -0.3 is 32.2 Å². The first-order valence-electron chi connectivity index (χ1n) is 3.58. The van der Waals surface area contributed by atoms with E-state index in [1.54, 1.807) is 0 Å². The maximum Gasteiger partial charge on any atom is 0.414 e. The number of carboxylic acids is 2. The third-order valence-corrected chi connectivity index (χ3v) is 0.954. The van der Waals surface area contributed by atoms with Crippen LogP contribution in [0.15, 0.2) is 0 Å². The Kier molecular flexibility index (Phi) is 11.8. The molecule has 0 saturated heterocycles. The standard InChI is InChI=1S/C5H14NO.C2H2O4.ClH/c1-6(2,3)4-5-7;3-1(4)2(5)6;/h7H,4-5H2,1-3H3;(H,3,4)(H,5,6);1H/q+1;;/p-1. The van der Waals surface area contributed by atoms with Crippen molar-refractivity contribution < 1.29 is 41.8 Å². The number of quaternary nitrogens is 1. The molecule has 7 heteroatoms. The van der Waals surface area contributed by atoms with E-state index in [4.69, 9.17) is 24.9 Å². The number of halogens is 1. The van der Waals surface area contributed by atoms with Gasteiger partial charge in [-0.1, -0.05) is 0 Å². The van der Waals surface area contributed by atoms with Crippen molar-refractivity contribution in [2.75, 3.05) is 34.3 Å². The smallest absolute Gasteiger partial charge is 0.414 e. The highest BCUT2D eigenvalue weighted by Gasteiger charge is 2.04. The lowest BCUT2D eigenvalue weighted by atomic mass is 10.5. The fraction of sp³-hybridized carbons (Fsp3) is 0.714. The van der Waals surface area contributed by atoms with Gasteiger partial charge in [0.25, 0.3) is 0 Å². The minimum atomic E-state index is -1.82. The Hall–Kier alpha value is -0.850. The maximum absolute atomic E-state index is 9.10. The molecule has 0 bridgehead atoms. The van der Waals surface area contributed by atoms with Gasteiger partial charge in [-0.15, -0.1) is 0 Å². The number of aliphatic hydroxyl groups is 1. The number of rotatable bonds is 2. The Labute approximate surface area is 88.8 Å². The van der Waals surface area contributed by atoms with Crippen LogP contribution in [0.5, 0.6) is 0 Å². The summed E-state index contributed by atoms with van der Waals surface area (Å²) in [5, 5.41) is 23.2. The van der Waals surface area contributed by atoms with Gasteiger partial charge in [0, 0.05) is 0 Å². The van der Waals surface area contributed by atoms with Crippen molar-refractivity contribution >= 4 is 11.9 Å². The Morgan fingerprint density at radius 1 is 1.07 bits per heavy atom. The summed E-state index contributed by atoms with van der Waals surface area (Å²) in [6, 6.07) is 0. The molecule has 0 aromatic heterocycles. The average Bonchev–Trinajstić information content (AvgIpc) is 1.85. The second-order valence-corrected chi connectivity index (χ2v) is 3.35. The topological polar surface area (TPSA) is 94.8 Å². The van der Waals surface area contributed by atoms with E-state index in [9.17, 15) is 0 Å². The Balaban J connectivity index is -0.000000163. The second kappa shape index (κ2) is 8.74. The summed E-state index contributed by atoms with van der Waals surface area (Å²) in [5.41, 5.74) is 0. The molecule has 86 valence electrons. The van der Waals surface area contributed by atoms with Gasteiger partial charge in [-0.3, -0.25) is 0 Å². The van der Waals surface area contributed by atoms with E-state index in [1.165, 1.54) is 0 Å². The number of hydrogen-bond donors (Lipinski definition) is 3. The number of carbonyl (C=O) groups is 2. The number of aliphatic carboxylic acids is 2. The summed E-state index contributed by atoms with van der Waals surface area (Å²) in [5.74, 6) is -3.65. The molecule has 0 aromatic rings. The van der Waals surface area contributed by atoms with Crippen LogP contribution in [-0.4, -0.2) is 66.0 Å². The average molecular weight is 230 g/mol. The zero-order valence-electron chi connectivity index (χ0n) is 8.40. The summed E-state index contributed by atoms with van der Waals surface area (Å²) >= 11 is 0.